The van der Waals surface area contributed by atoms with Crippen molar-refractivity contribution in [2.24, 2.45) is 0 Å². The van der Waals surface area contributed by atoms with Crippen LogP contribution in [0.1, 0.15) is 31.4 Å². The SMILES string of the molecule is CC[C@]1(C)NC(=O)Cc2ccccc21. The number of hydrogen-bond acceptors (Lipinski definition) is 1. The molecule has 1 atom stereocenters. The zero-order valence-electron chi connectivity index (χ0n) is 8.63. The second kappa shape index (κ2) is 3.12. The molecule has 1 amide bonds. The van der Waals surface area contributed by atoms with Gasteiger partial charge in [-0.15, -0.1) is 0 Å². The first-order valence-electron chi connectivity index (χ1n) is 5.05. The summed E-state index contributed by atoms with van der Waals surface area (Å²) in [4.78, 5) is 11.5. The molecule has 0 spiro atoms. The molecule has 2 rings (SSSR count). The summed E-state index contributed by atoms with van der Waals surface area (Å²) in [5.74, 6) is 0.132. The van der Waals surface area contributed by atoms with Gasteiger partial charge >= 0.3 is 0 Å². The van der Waals surface area contributed by atoms with Crippen molar-refractivity contribution in [1.82, 2.24) is 5.32 Å². The molecule has 1 aliphatic rings. The highest BCUT2D eigenvalue weighted by Crippen LogP contribution is 2.30. The molecule has 1 N–H and O–H groups in total. The van der Waals surface area contributed by atoms with Crippen molar-refractivity contribution in [3.63, 3.8) is 0 Å². The normalized spacial score (nSPS) is 25.4. The monoisotopic (exact) mass is 189 g/mol. The summed E-state index contributed by atoms with van der Waals surface area (Å²) < 4.78 is 0. The van der Waals surface area contributed by atoms with E-state index in [0.29, 0.717) is 6.42 Å². The van der Waals surface area contributed by atoms with Crippen LogP contribution in [0.4, 0.5) is 0 Å². The lowest BCUT2D eigenvalue weighted by Crippen LogP contribution is -2.48. The number of benzene rings is 1. The molecule has 0 radical (unpaired) electrons. The maximum absolute atomic E-state index is 11.5. The molecule has 2 heteroatoms. The molecule has 1 heterocycles. The fraction of sp³-hybridized carbons (Fsp3) is 0.417. The van der Waals surface area contributed by atoms with E-state index >= 15 is 0 Å². The van der Waals surface area contributed by atoms with Gasteiger partial charge in [-0.1, -0.05) is 31.2 Å². The molecule has 0 bridgehead atoms. The Labute approximate surface area is 84.3 Å². The molecule has 2 nitrogen and oxygen atoms in total. The smallest absolute Gasteiger partial charge is 0.225 e. The van der Waals surface area contributed by atoms with Crippen molar-refractivity contribution in [3.05, 3.63) is 35.4 Å². The van der Waals surface area contributed by atoms with Gasteiger partial charge in [-0.05, 0) is 24.5 Å². The molecule has 0 saturated heterocycles. The first-order valence-corrected chi connectivity index (χ1v) is 5.05. The Kier molecular flexibility index (Phi) is 2.06. The Morgan fingerprint density at radius 2 is 2.14 bits per heavy atom. The van der Waals surface area contributed by atoms with E-state index in [2.05, 4.69) is 25.2 Å². The maximum atomic E-state index is 11.5. The predicted molar refractivity (Wildman–Crippen MR) is 55.9 cm³/mol. The Hall–Kier alpha value is -1.31. The predicted octanol–water partition coefficient (Wildman–Crippen LogP) is 1.98. The number of rotatable bonds is 1. The van der Waals surface area contributed by atoms with E-state index < -0.39 is 0 Å². The molecular formula is C12H15NO. The van der Waals surface area contributed by atoms with E-state index in [9.17, 15) is 4.79 Å². The van der Waals surface area contributed by atoms with Crippen LogP contribution in [0, 0.1) is 0 Å². The van der Waals surface area contributed by atoms with Crippen LogP contribution in [0.3, 0.4) is 0 Å². The Balaban J connectivity index is 2.54. The summed E-state index contributed by atoms with van der Waals surface area (Å²) in [7, 11) is 0. The van der Waals surface area contributed by atoms with Crippen LogP contribution in [0.2, 0.25) is 0 Å². The second-order valence-electron chi connectivity index (χ2n) is 4.07. The summed E-state index contributed by atoms with van der Waals surface area (Å²) in [6.45, 7) is 4.19. The van der Waals surface area contributed by atoms with Gasteiger partial charge in [-0.2, -0.15) is 0 Å². The summed E-state index contributed by atoms with van der Waals surface area (Å²) in [5, 5.41) is 3.06. The summed E-state index contributed by atoms with van der Waals surface area (Å²) in [6.07, 6.45) is 1.45. The quantitative estimate of drug-likeness (QED) is 0.719. The molecular weight excluding hydrogens is 174 g/mol. The van der Waals surface area contributed by atoms with Crippen molar-refractivity contribution in [3.8, 4) is 0 Å². The Bertz CT molecular complexity index is 372. The van der Waals surface area contributed by atoms with E-state index in [-0.39, 0.29) is 11.4 Å². The fourth-order valence-electron chi connectivity index (χ4n) is 2.08. The zero-order chi connectivity index (χ0) is 10.2. The minimum absolute atomic E-state index is 0.132. The third-order valence-corrected chi connectivity index (χ3v) is 3.09. The fourth-order valence-corrected chi connectivity index (χ4v) is 2.08. The first kappa shape index (κ1) is 9.25. The summed E-state index contributed by atoms with van der Waals surface area (Å²) in [5.41, 5.74) is 2.26. The number of hydrogen-bond donors (Lipinski definition) is 1. The van der Waals surface area contributed by atoms with Gasteiger partial charge in [0.15, 0.2) is 0 Å². The highest BCUT2D eigenvalue weighted by Gasteiger charge is 2.32. The molecule has 14 heavy (non-hydrogen) atoms. The van der Waals surface area contributed by atoms with Crippen LogP contribution in [-0.2, 0) is 16.8 Å². The molecule has 1 aliphatic heterocycles. The van der Waals surface area contributed by atoms with Crippen molar-refractivity contribution in [2.75, 3.05) is 0 Å². The standard InChI is InChI=1S/C12H15NO/c1-3-12(2)10-7-5-4-6-9(10)8-11(14)13-12/h4-7H,3,8H2,1-2H3,(H,13,14)/t12-/m0/s1. The van der Waals surface area contributed by atoms with Gasteiger partial charge in [0.1, 0.15) is 0 Å². The first-order chi connectivity index (χ1) is 6.65. The van der Waals surface area contributed by atoms with Crippen LogP contribution in [0.25, 0.3) is 0 Å². The number of fused-ring (bicyclic) bond motifs is 1. The van der Waals surface area contributed by atoms with E-state index in [4.69, 9.17) is 0 Å². The number of nitrogens with one attached hydrogen (secondary N) is 1. The lowest BCUT2D eigenvalue weighted by Gasteiger charge is -2.36. The average molecular weight is 189 g/mol. The molecule has 0 aliphatic carbocycles. The van der Waals surface area contributed by atoms with Gasteiger partial charge in [0.25, 0.3) is 0 Å². The minimum Gasteiger partial charge on any atom is -0.347 e. The lowest BCUT2D eigenvalue weighted by molar-refractivity contribution is -0.123. The van der Waals surface area contributed by atoms with E-state index in [1.165, 1.54) is 11.1 Å². The molecule has 0 saturated carbocycles. The van der Waals surface area contributed by atoms with Crippen molar-refractivity contribution in [2.45, 2.75) is 32.2 Å². The van der Waals surface area contributed by atoms with Gasteiger partial charge in [0.05, 0.1) is 12.0 Å². The Morgan fingerprint density at radius 3 is 2.86 bits per heavy atom. The van der Waals surface area contributed by atoms with Crippen LogP contribution >= 0.6 is 0 Å². The van der Waals surface area contributed by atoms with Crippen LogP contribution in [-0.4, -0.2) is 5.91 Å². The Morgan fingerprint density at radius 1 is 1.43 bits per heavy atom. The second-order valence-corrected chi connectivity index (χ2v) is 4.07. The van der Waals surface area contributed by atoms with Gasteiger partial charge in [0.2, 0.25) is 5.91 Å². The van der Waals surface area contributed by atoms with Crippen molar-refractivity contribution < 1.29 is 4.79 Å². The van der Waals surface area contributed by atoms with Crippen LogP contribution in [0.15, 0.2) is 24.3 Å². The van der Waals surface area contributed by atoms with E-state index in [1.54, 1.807) is 0 Å². The topological polar surface area (TPSA) is 29.1 Å². The maximum Gasteiger partial charge on any atom is 0.225 e. The average Bonchev–Trinajstić information content (AvgIpc) is 2.17. The van der Waals surface area contributed by atoms with E-state index in [0.717, 1.165) is 6.42 Å². The number of carbonyl (C=O) groups is 1. The molecule has 0 fully saturated rings. The highest BCUT2D eigenvalue weighted by atomic mass is 16.1. The third kappa shape index (κ3) is 1.31. The van der Waals surface area contributed by atoms with Gasteiger partial charge in [-0.25, -0.2) is 0 Å². The molecule has 74 valence electrons. The van der Waals surface area contributed by atoms with Crippen molar-refractivity contribution in [1.29, 1.82) is 0 Å². The molecule has 0 aromatic heterocycles. The minimum atomic E-state index is -0.175. The molecule has 1 aromatic rings. The molecule has 1 aromatic carbocycles. The summed E-state index contributed by atoms with van der Waals surface area (Å²) >= 11 is 0. The molecule has 0 unspecified atom stereocenters. The number of amides is 1. The van der Waals surface area contributed by atoms with Gasteiger partial charge in [0, 0.05) is 0 Å². The van der Waals surface area contributed by atoms with Crippen molar-refractivity contribution >= 4 is 5.91 Å². The summed E-state index contributed by atoms with van der Waals surface area (Å²) in [6, 6.07) is 8.18. The zero-order valence-corrected chi connectivity index (χ0v) is 8.63. The third-order valence-electron chi connectivity index (χ3n) is 3.09. The number of carbonyl (C=O) groups excluding carboxylic acids is 1. The lowest BCUT2D eigenvalue weighted by atomic mass is 9.82. The van der Waals surface area contributed by atoms with Crippen LogP contribution < -0.4 is 5.32 Å². The largest absolute Gasteiger partial charge is 0.347 e. The highest BCUT2D eigenvalue weighted by molar-refractivity contribution is 5.82. The van der Waals surface area contributed by atoms with Crippen LogP contribution in [0.5, 0.6) is 0 Å². The van der Waals surface area contributed by atoms with Gasteiger partial charge in [-0.3, -0.25) is 4.79 Å². The van der Waals surface area contributed by atoms with Gasteiger partial charge < -0.3 is 5.32 Å². The van der Waals surface area contributed by atoms with E-state index in [1.807, 2.05) is 18.2 Å².